The smallest absolute Gasteiger partial charge is 0.743 e. The summed E-state index contributed by atoms with van der Waals surface area (Å²) < 4.78 is 30.2. The number of nitrogens with one attached hydrogen (secondary N) is 1. The first-order chi connectivity index (χ1) is 4.11. The van der Waals surface area contributed by atoms with Crippen molar-refractivity contribution < 1.29 is 42.5 Å². The molecule has 0 bridgehead atoms. The summed E-state index contributed by atoms with van der Waals surface area (Å²) in [5.74, 6) is 0. The zero-order chi connectivity index (χ0) is 6.91. The van der Waals surface area contributed by atoms with Crippen LogP contribution in [0.4, 0.5) is 0 Å². The summed E-state index contributed by atoms with van der Waals surface area (Å²) in [6.45, 7) is 0. The Bertz CT molecular complexity index is 279. The molecule has 10 heavy (non-hydrogen) atoms. The van der Waals surface area contributed by atoms with Crippen LogP contribution in [0.25, 0.3) is 0 Å². The first-order valence-electron chi connectivity index (χ1n) is 2.05. The number of rotatable bonds is 1. The van der Waals surface area contributed by atoms with Crippen LogP contribution in [0.15, 0.2) is 17.6 Å². The molecule has 5 nitrogen and oxygen atoms in total. The average Bonchev–Trinajstić information content (AvgIpc) is 2.08. The fourth-order valence-corrected chi connectivity index (χ4v) is 0.767. The number of aromatic amines is 1. The van der Waals surface area contributed by atoms with E-state index < -0.39 is 15.1 Å². The van der Waals surface area contributed by atoms with Gasteiger partial charge in [0.05, 0.1) is 12.5 Å². The van der Waals surface area contributed by atoms with Crippen LogP contribution in [-0.2, 0) is 10.1 Å². The van der Waals surface area contributed by atoms with Crippen LogP contribution >= 0.6 is 0 Å². The van der Waals surface area contributed by atoms with Gasteiger partial charge >= 0.3 is 29.6 Å². The van der Waals surface area contributed by atoms with E-state index in [9.17, 15) is 13.0 Å². The SMILES string of the molecule is O=S(=O)([O-])c1cnc[nH]1.[Na+]. The van der Waals surface area contributed by atoms with E-state index in [-0.39, 0.29) is 29.6 Å². The normalized spacial score (nSPS) is 10.5. The van der Waals surface area contributed by atoms with Crippen molar-refractivity contribution in [1.29, 1.82) is 0 Å². The van der Waals surface area contributed by atoms with E-state index in [0.29, 0.717) is 0 Å². The Morgan fingerprint density at radius 3 is 2.40 bits per heavy atom. The molecule has 0 radical (unpaired) electrons. The Morgan fingerprint density at radius 2 is 2.20 bits per heavy atom. The van der Waals surface area contributed by atoms with Gasteiger partial charge in [-0.3, -0.25) is 0 Å². The van der Waals surface area contributed by atoms with Gasteiger partial charge in [0.1, 0.15) is 15.1 Å². The molecule has 0 atom stereocenters. The van der Waals surface area contributed by atoms with Gasteiger partial charge in [0.2, 0.25) is 0 Å². The maximum absolute atomic E-state index is 10.1. The molecule has 0 aliphatic carbocycles. The quantitative estimate of drug-likeness (QED) is 0.347. The second-order valence-corrected chi connectivity index (χ2v) is 2.72. The van der Waals surface area contributed by atoms with Gasteiger partial charge in [-0.25, -0.2) is 13.4 Å². The summed E-state index contributed by atoms with van der Waals surface area (Å²) in [6.07, 6.45) is 2.09. The summed E-state index contributed by atoms with van der Waals surface area (Å²) in [5, 5.41) is -0.400. The molecule has 50 valence electrons. The maximum atomic E-state index is 10.1. The van der Waals surface area contributed by atoms with Crippen molar-refractivity contribution in [3.05, 3.63) is 12.5 Å². The van der Waals surface area contributed by atoms with E-state index in [0.717, 1.165) is 12.5 Å². The zero-order valence-electron chi connectivity index (χ0n) is 5.23. The van der Waals surface area contributed by atoms with Crippen LogP contribution in [0.3, 0.4) is 0 Å². The molecule has 0 aliphatic rings. The third-order valence-electron chi connectivity index (χ3n) is 0.742. The Labute approximate surface area is 79.9 Å². The number of imidazole rings is 1. The fourth-order valence-electron chi connectivity index (χ4n) is 0.380. The van der Waals surface area contributed by atoms with Crippen molar-refractivity contribution >= 4 is 10.1 Å². The Hall–Kier alpha value is 0.120. The fraction of sp³-hybridized carbons (Fsp3) is 0. The molecule has 1 aromatic rings. The molecule has 0 aromatic carbocycles. The van der Waals surface area contributed by atoms with Crippen LogP contribution in [0.2, 0.25) is 0 Å². The van der Waals surface area contributed by atoms with Crippen LogP contribution in [-0.4, -0.2) is 22.9 Å². The molecule has 0 aliphatic heterocycles. The van der Waals surface area contributed by atoms with Gasteiger partial charge < -0.3 is 9.54 Å². The van der Waals surface area contributed by atoms with Gasteiger partial charge in [0.15, 0.2) is 0 Å². The van der Waals surface area contributed by atoms with Gasteiger partial charge in [0, 0.05) is 0 Å². The minimum Gasteiger partial charge on any atom is -0.743 e. The topological polar surface area (TPSA) is 85.9 Å². The molecule has 7 heteroatoms. The zero-order valence-corrected chi connectivity index (χ0v) is 8.05. The van der Waals surface area contributed by atoms with E-state index in [1.165, 1.54) is 0 Å². The third kappa shape index (κ3) is 2.39. The largest absolute Gasteiger partial charge is 1.00 e. The van der Waals surface area contributed by atoms with E-state index >= 15 is 0 Å². The minimum absolute atomic E-state index is 0. The molecule has 0 saturated carbocycles. The minimum atomic E-state index is -4.33. The van der Waals surface area contributed by atoms with Gasteiger partial charge in [-0.15, -0.1) is 0 Å². The van der Waals surface area contributed by atoms with E-state index in [4.69, 9.17) is 0 Å². The van der Waals surface area contributed by atoms with Crippen molar-refractivity contribution in [2.45, 2.75) is 5.03 Å². The molecule has 0 saturated heterocycles. The van der Waals surface area contributed by atoms with Crippen molar-refractivity contribution in [3.8, 4) is 0 Å². The number of aromatic nitrogens is 2. The summed E-state index contributed by atoms with van der Waals surface area (Å²) in [5.41, 5.74) is 0. The summed E-state index contributed by atoms with van der Waals surface area (Å²) in [7, 11) is -4.33. The second kappa shape index (κ2) is 3.49. The van der Waals surface area contributed by atoms with Crippen LogP contribution in [0.1, 0.15) is 0 Å². The second-order valence-electron chi connectivity index (χ2n) is 1.37. The monoisotopic (exact) mass is 170 g/mol. The first kappa shape index (κ1) is 10.1. The van der Waals surface area contributed by atoms with Crippen LogP contribution in [0.5, 0.6) is 0 Å². The summed E-state index contributed by atoms with van der Waals surface area (Å²) >= 11 is 0. The summed E-state index contributed by atoms with van der Waals surface area (Å²) in [6, 6.07) is 0. The molecule has 1 rings (SSSR count). The molecule has 1 N–H and O–H groups in total. The van der Waals surface area contributed by atoms with Crippen LogP contribution in [0, 0.1) is 0 Å². The van der Waals surface area contributed by atoms with E-state index in [1.54, 1.807) is 0 Å². The molecule has 0 spiro atoms. The van der Waals surface area contributed by atoms with Gasteiger partial charge in [0.25, 0.3) is 0 Å². The molecular weight excluding hydrogens is 167 g/mol. The number of H-pyrrole nitrogens is 1. The molecular formula is C3H3N2NaO3S. The first-order valence-corrected chi connectivity index (χ1v) is 3.46. The molecule has 0 amide bonds. The van der Waals surface area contributed by atoms with Crippen molar-refractivity contribution in [1.82, 2.24) is 9.97 Å². The van der Waals surface area contributed by atoms with Crippen LogP contribution < -0.4 is 29.6 Å². The predicted molar refractivity (Wildman–Crippen MR) is 26.6 cm³/mol. The predicted octanol–water partition coefficient (Wildman–Crippen LogP) is -3.68. The summed E-state index contributed by atoms with van der Waals surface area (Å²) in [4.78, 5) is 5.52. The van der Waals surface area contributed by atoms with E-state index in [2.05, 4.69) is 9.97 Å². The van der Waals surface area contributed by atoms with Crippen molar-refractivity contribution in [2.24, 2.45) is 0 Å². The number of hydrogen-bond acceptors (Lipinski definition) is 4. The van der Waals surface area contributed by atoms with Gasteiger partial charge in [-0.1, -0.05) is 0 Å². The Morgan fingerprint density at radius 1 is 1.60 bits per heavy atom. The third-order valence-corrected chi connectivity index (χ3v) is 1.50. The van der Waals surface area contributed by atoms with Crippen molar-refractivity contribution in [2.75, 3.05) is 0 Å². The van der Waals surface area contributed by atoms with E-state index in [1.807, 2.05) is 0 Å². The molecule has 0 fully saturated rings. The molecule has 0 unspecified atom stereocenters. The van der Waals surface area contributed by atoms with Gasteiger partial charge in [-0.05, 0) is 0 Å². The Kier molecular flexibility index (Phi) is 3.54. The standard InChI is InChI=1S/C3H4N2O3S.Na/c6-9(7,8)3-1-4-2-5-3;/h1-2H,(H,4,5)(H,6,7,8);/q;+1/p-1. The average molecular weight is 170 g/mol. The molecule has 1 aromatic heterocycles. The molecule has 1 heterocycles. The number of hydrogen-bond donors (Lipinski definition) is 1. The Balaban J connectivity index is 0.000000810. The van der Waals surface area contributed by atoms with Crippen molar-refractivity contribution in [3.63, 3.8) is 0 Å². The maximum Gasteiger partial charge on any atom is 1.00 e. The number of nitrogens with zero attached hydrogens (tertiary/aromatic N) is 1. The van der Waals surface area contributed by atoms with Gasteiger partial charge in [-0.2, -0.15) is 0 Å².